The summed E-state index contributed by atoms with van der Waals surface area (Å²) < 4.78 is 14.0. The molecule has 2 rings (SSSR count). The second-order valence-electron chi connectivity index (χ2n) is 4.21. The third kappa shape index (κ3) is 4.62. The summed E-state index contributed by atoms with van der Waals surface area (Å²) in [6, 6.07) is 12.2. The fourth-order valence-electron chi connectivity index (χ4n) is 1.65. The molecule has 0 saturated carbocycles. The molecule has 104 valence electrons. The van der Waals surface area contributed by atoms with Gasteiger partial charge in [-0.05, 0) is 35.9 Å². The second-order valence-corrected chi connectivity index (χ2v) is 6.58. The number of ketones is 1. The number of hydrogen-bond acceptors (Lipinski definition) is 2. The number of halogens is 3. The van der Waals surface area contributed by atoms with Crippen molar-refractivity contribution in [2.45, 2.75) is 11.3 Å². The summed E-state index contributed by atoms with van der Waals surface area (Å²) in [4.78, 5) is 12.9. The van der Waals surface area contributed by atoms with Crippen molar-refractivity contribution in [2.24, 2.45) is 0 Å². The van der Waals surface area contributed by atoms with Gasteiger partial charge in [0.25, 0.3) is 0 Å². The van der Waals surface area contributed by atoms with Crippen molar-refractivity contribution in [3.05, 3.63) is 63.3 Å². The fraction of sp³-hybridized carbons (Fsp3) is 0.133. The summed E-state index contributed by atoms with van der Waals surface area (Å²) in [5, 5.41) is 0.0509. The molecule has 1 nitrogen and oxygen atoms in total. The maximum absolute atomic E-state index is 13.0. The largest absolute Gasteiger partial charge is 0.298 e. The molecular weight excluding hydrogens is 363 g/mol. The Morgan fingerprint density at radius 3 is 2.75 bits per heavy atom. The molecule has 0 aliphatic rings. The highest BCUT2D eigenvalue weighted by Crippen LogP contribution is 2.22. The molecule has 0 bridgehead atoms. The number of carbonyl (C=O) groups excluding carboxylic acids is 1. The van der Waals surface area contributed by atoms with Crippen molar-refractivity contribution in [1.82, 2.24) is 0 Å². The van der Waals surface area contributed by atoms with E-state index in [-0.39, 0.29) is 17.2 Å². The molecule has 0 aromatic heterocycles. The van der Waals surface area contributed by atoms with E-state index in [1.807, 2.05) is 24.3 Å². The van der Waals surface area contributed by atoms with Crippen LogP contribution in [0, 0.1) is 5.82 Å². The van der Waals surface area contributed by atoms with E-state index in [2.05, 4.69) is 15.9 Å². The molecule has 0 saturated heterocycles. The van der Waals surface area contributed by atoms with E-state index in [0.717, 1.165) is 14.9 Å². The summed E-state index contributed by atoms with van der Waals surface area (Å²) in [5.74, 6) is -0.00475. The lowest BCUT2D eigenvalue weighted by Gasteiger charge is -2.03. The van der Waals surface area contributed by atoms with Crippen molar-refractivity contribution >= 4 is 45.1 Å². The Hall–Kier alpha value is -0.840. The first-order valence-electron chi connectivity index (χ1n) is 5.88. The van der Waals surface area contributed by atoms with E-state index in [9.17, 15) is 9.18 Å². The standard InChI is InChI=1S/C15H11BrClFOS/c16-11-2-1-3-13(8-11)20-9-12(19)6-10-4-5-15(18)14(17)7-10/h1-5,7-8H,6,9H2. The molecule has 2 aromatic carbocycles. The highest BCUT2D eigenvalue weighted by Gasteiger charge is 2.07. The van der Waals surface area contributed by atoms with Crippen LogP contribution in [0.15, 0.2) is 51.8 Å². The minimum absolute atomic E-state index is 0.0509. The molecule has 0 aliphatic carbocycles. The Labute approximate surface area is 134 Å². The minimum Gasteiger partial charge on any atom is -0.298 e. The first kappa shape index (κ1) is 15.5. The van der Waals surface area contributed by atoms with Gasteiger partial charge in [0.1, 0.15) is 11.6 Å². The SMILES string of the molecule is O=C(CSc1cccc(Br)c1)Cc1ccc(F)c(Cl)c1. The number of benzene rings is 2. The van der Waals surface area contributed by atoms with Gasteiger partial charge in [-0.2, -0.15) is 0 Å². The summed E-state index contributed by atoms with van der Waals surface area (Å²) in [6.07, 6.45) is 0.265. The van der Waals surface area contributed by atoms with E-state index >= 15 is 0 Å². The molecule has 0 atom stereocenters. The normalized spacial score (nSPS) is 10.6. The molecular formula is C15H11BrClFOS. The van der Waals surface area contributed by atoms with E-state index in [1.54, 1.807) is 6.07 Å². The highest BCUT2D eigenvalue weighted by atomic mass is 79.9. The van der Waals surface area contributed by atoms with E-state index < -0.39 is 5.82 Å². The maximum atomic E-state index is 13.0. The summed E-state index contributed by atoms with van der Waals surface area (Å²) in [6.45, 7) is 0. The third-order valence-electron chi connectivity index (χ3n) is 2.58. The predicted molar refractivity (Wildman–Crippen MR) is 85.0 cm³/mol. The van der Waals surface area contributed by atoms with Gasteiger partial charge in [-0.15, -0.1) is 11.8 Å². The van der Waals surface area contributed by atoms with Crippen LogP contribution in [-0.2, 0) is 11.2 Å². The minimum atomic E-state index is -0.466. The first-order chi connectivity index (χ1) is 9.54. The average molecular weight is 374 g/mol. The van der Waals surface area contributed by atoms with Crippen LogP contribution in [0.4, 0.5) is 4.39 Å². The quantitative estimate of drug-likeness (QED) is 0.675. The summed E-state index contributed by atoms with van der Waals surface area (Å²) in [7, 11) is 0. The zero-order valence-corrected chi connectivity index (χ0v) is 13.6. The number of rotatable bonds is 5. The average Bonchev–Trinajstić information content (AvgIpc) is 2.41. The highest BCUT2D eigenvalue weighted by molar-refractivity contribution is 9.10. The van der Waals surface area contributed by atoms with Gasteiger partial charge in [0.2, 0.25) is 0 Å². The zero-order chi connectivity index (χ0) is 14.5. The van der Waals surface area contributed by atoms with Crippen LogP contribution in [0.5, 0.6) is 0 Å². The Morgan fingerprint density at radius 2 is 2.05 bits per heavy atom. The van der Waals surface area contributed by atoms with Gasteiger partial charge in [0, 0.05) is 15.8 Å². The number of carbonyl (C=O) groups is 1. The molecule has 2 aromatic rings. The molecule has 0 amide bonds. The number of hydrogen-bond donors (Lipinski definition) is 0. The van der Waals surface area contributed by atoms with Crippen molar-refractivity contribution in [1.29, 1.82) is 0 Å². The van der Waals surface area contributed by atoms with Crippen molar-refractivity contribution in [2.75, 3.05) is 5.75 Å². The van der Waals surface area contributed by atoms with Crippen LogP contribution in [0.2, 0.25) is 5.02 Å². The van der Waals surface area contributed by atoms with Gasteiger partial charge < -0.3 is 0 Å². The van der Waals surface area contributed by atoms with Crippen LogP contribution in [0.1, 0.15) is 5.56 Å². The van der Waals surface area contributed by atoms with Gasteiger partial charge in [0.05, 0.1) is 10.8 Å². The molecule has 0 spiro atoms. The van der Waals surface area contributed by atoms with Crippen molar-refractivity contribution < 1.29 is 9.18 Å². The molecule has 5 heteroatoms. The molecule has 0 N–H and O–H groups in total. The van der Waals surface area contributed by atoms with E-state index in [0.29, 0.717) is 5.75 Å². The van der Waals surface area contributed by atoms with Gasteiger partial charge >= 0.3 is 0 Å². The van der Waals surface area contributed by atoms with Gasteiger partial charge in [-0.3, -0.25) is 4.79 Å². The third-order valence-corrected chi connectivity index (χ3v) is 4.42. The van der Waals surface area contributed by atoms with Gasteiger partial charge in [0.15, 0.2) is 0 Å². The summed E-state index contributed by atoms with van der Waals surface area (Å²) in [5.41, 5.74) is 0.733. The van der Waals surface area contributed by atoms with Crippen molar-refractivity contribution in [3.63, 3.8) is 0 Å². The smallest absolute Gasteiger partial charge is 0.147 e. The van der Waals surface area contributed by atoms with E-state index in [1.165, 1.54) is 23.9 Å². The van der Waals surface area contributed by atoms with Crippen LogP contribution in [0.3, 0.4) is 0 Å². The van der Waals surface area contributed by atoms with Crippen molar-refractivity contribution in [3.8, 4) is 0 Å². The predicted octanol–water partition coefficient (Wildman–Crippen LogP) is 5.15. The lowest BCUT2D eigenvalue weighted by Crippen LogP contribution is -2.05. The molecule has 0 aliphatic heterocycles. The molecule has 0 unspecified atom stereocenters. The first-order valence-corrected chi connectivity index (χ1v) is 8.04. The summed E-state index contributed by atoms with van der Waals surface area (Å²) >= 11 is 10.6. The number of thioether (sulfide) groups is 1. The lowest BCUT2D eigenvalue weighted by atomic mass is 10.1. The molecule has 0 fully saturated rings. The molecule has 0 heterocycles. The fourth-order valence-corrected chi connectivity index (χ4v) is 3.22. The Balaban J connectivity index is 1.91. The Kier molecular flexibility index (Phi) is 5.64. The maximum Gasteiger partial charge on any atom is 0.147 e. The monoisotopic (exact) mass is 372 g/mol. The Bertz CT molecular complexity index is 633. The van der Waals surface area contributed by atoms with Crippen LogP contribution in [0.25, 0.3) is 0 Å². The zero-order valence-electron chi connectivity index (χ0n) is 10.4. The van der Waals surface area contributed by atoms with Gasteiger partial charge in [-0.1, -0.05) is 39.7 Å². The lowest BCUT2D eigenvalue weighted by molar-refractivity contribution is -0.116. The van der Waals surface area contributed by atoms with E-state index in [4.69, 9.17) is 11.6 Å². The molecule has 20 heavy (non-hydrogen) atoms. The Morgan fingerprint density at radius 1 is 1.25 bits per heavy atom. The van der Waals surface area contributed by atoms with Crippen LogP contribution in [-0.4, -0.2) is 11.5 Å². The topological polar surface area (TPSA) is 17.1 Å². The van der Waals surface area contributed by atoms with Crippen LogP contribution >= 0.6 is 39.3 Å². The number of Topliss-reactive ketones (excluding diaryl/α,β-unsaturated/α-hetero) is 1. The molecule has 0 radical (unpaired) electrons. The second kappa shape index (κ2) is 7.25. The van der Waals surface area contributed by atoms with Crippen LogP contribution < -0.4 is 0 Å². The van der Waals surface area contributed by atoms with Gasteiger partial charge in [-0.25, -0.2) is 4.39 Å².